The molecule has 5 nitrogen and oxygen atoms in total. The van der Waals surface area contributed by atoms with Crippen LogP contribution in [0.1, 0.15) is 48.0 Å². The minimum Gasteiger partial charge on any atom is -0.444 e. The fourth-order valence-corrected chi connectivity index (χ4v) is 2.70. The molecule has 0 aliphatic carbocycles. The van der Waals surface area contributed by atoms with Gasteiger partial charge in [0.05, 0.1) is 12.1 Å². The van der Waals surface area contributed by atoms with E-state index < -0.39 is 5.60 Å². The Morgan fingerprint density at radius 1 is 1.40 bits per heavy atom. The molecule has 5 heteroatoms. The van der Waals surface area contributed by atoms with Crippen LogP contribution in [0.3, 0.4) is 0 Å². The summed E-state index contributed by atoms with van der Waals surface area (Å²) >= 11 is 0. The van der Waals surface area contributed by atoms with Crippen LogP contribution in [-0.2, 0) is 4.74 Å². The second-order valence-corrected chi connectivity index (χ2v) is 6.64. The highest BCUT2D eigenvalue weighted by molar-refractivity contribution is 5.84. The number of hydrogen-bond donors (Lipinski definition) is 1. The number of rotatable bonds is 1. The lowest BCUT2D eigenvalue weighted by molar-refractivity contribution is 0.0507. The van der Waals surface area contributed by atoms with Crippen LogP contribution in [0.25, 0.3) is 0 Å². The second-order valence-electron chi connectivity index (χ2n) is 6.64. The molecule has 0 saturated carbocycles. The van der Waals surface area contributed by atoms with Gasteiger partial charge in [-0.1, -0.05) is 0 Å². The monoisotopic (exact) mass is 279 g/mol. The van der Waals surface area contributed by atoms with Crippen molar-refractivity contribution in [2.45, 2.75) is 65.6 Å². The van der Waals surface area contributed by atoms with Gasteiger partial charge in [0.25, 0.3) is 0 Å². The van der Waals surface area contributed by atoms with Crippen molar-refractivity contribution < 1.29 is 9.53 Å². The average molecular weight is 279 g/mol. The largest absolute Gasteiger partial charge is 0.444 e. The van der Waals surface area contributed by atoms with Gasteiger partial charge in [-0.2, -0.15) is 0 Å². The van der Waals surface area contributed by atoms with Crippen molar-refractivity contribution in [1.29, 1.82) is 0 Å². The molecule has 0 aromatic carbocycles. The average Bonchev–Trinajstić information content (AvgIpc) is 2.67. The van der Waals surface area contributed by atoms with Crippen LogP contribution < -0.4 is 5.32 Å². The zero-order valence-electron chi connectivity index (χ0n) is 13.3. The van der Waals surface area contributed by atoms with Crippen molar-refractivity contribution >= 4 is 11.9 Å². The molecule has 2 atom stereocenters. The van der Waals surface area contributed by atoms with E-state index in [2.05, 4.69) is 29.1 Å². The Morgan fingerprint density at radius 2 is 2.05 bits per heavy atom. The molecule has 0 aromatic rings. The van der Waals surface area contributed by atoms with Gasteiger partial charge in [0.2, 0.25) is 0 Å². The predicted molar refractivity (Wildman–Crippen MR) is 79.8 cm³/mol. The molecule has 1 amide bonds. The zero-order chi connectivity index (χ0) is 15.1. The third-order valence-corrected chi connectivity index (χ3v) is 3.74. The van der Waals surface area contributed by atoms with Crippen LogP contribution in [0.2, 0.25) is 0 Å². The van der Waals surface area contributed by atoms with E-state index in [0.29, 0.717) is 0 Å². The molecule has 112 valence electrons. The molecule has 0 spiro atoms. The topological polar surface area (TPSA) is 53.9 Å². The van der Waals surface area contributed by atoms with Gasteiger partial charge in [-0.15, -0.1) is 0 Å². The Kier molecular flexibility index (Phi) is 3.80. The lowest BCUT2D eigenvalue weighted by Crippen LogP contribution is -2.41. The molecule has 2 rings (SSSR count). The summed E-state index contributed by atoms with van der Waals surface area (Å²) in [5.74, 6) is 1.03. The van der Waals surface area contributed by atoms with Crippen LogP contribution in [0.5, 0.6) is 0 Å². The van der Waals surface area contributed by atoms with E-state index in [9.17, 15) is 4.79 Å². The number of nitrogens with zero attached hydrogens (tertiary/aromatic N) is 2. The summed E-state index contributed by atoms with van der Waals surface area (Å²) in [5.41, 5.74) is 2.13. The van der Waals surface area contributed by atoms with E-state index in [1.54, 1.807) is 0 Å². The quantitative estimate of drug-likeness (QED) is 0.803. The predicted octanol–water partition coefficient (Wildman–Crippen LogP) is 2.68. The molecule has 1 N–H and O–H groups in total. The highest BCUT2D eigenvalue weighted by Gasteiger charge is 2.34. The number of nitrogens with one attached hydrogen (secondary N) is 1. The summed E-state index contributed by atoms with van der Waals surface area (Å²) in [6.07, 6.45) is 0.505. The molecule has 20 heavy (non-hydrogen) atoms. The normalized spacial score (nSPS) is 26.3. The van der Waals surface area contributed by atoms with E-state index in [4.69, 9.17) is 4.74 Å². The SMILES string of the molecule is CC1=N[C@@H](C)C(C)=C2C[C@H](NC(=O)OC(C)(C)C)CN12. The fourth-order valence-electron chi connectivity index (χ4n) is 2.70. The molecule has 0 unspecified atom stereocenters. The standard InChI is InChI=1S/C15H25N3O2/c1-9-10(2)16-11(3)18-8-12(7-13(9)18)17-14(19)20-15(4,5)6/h10,12H,7-8H2,1-6H3,(H,17,19)/t10-,12-/m0/s1. The Labute approximate surface area is 121 Å². The van der Waals surface area contributed by atoms with Crippen molar-refractivity contribution in [1.82, 2.24) is 10.2 Å². The first kappa shape index (κ1) is 14.9. The minimum atomic E-state index is -0.462. The molecule has 0 bridgehead atoms. The van der Waals surface area contributed by atoms with E-state index in [-0.39, 0.29) is 18.2 Å². The summed E-state index contributed by atoms with van der Waals surface area (Å²) < 4.78 is 5.31. The Balaban J connectivity index is 2.02. The van der Waals surface area contributed by atoms with E-state index in [1.165, 1.54) is 11.3 Å². The molecule has 2 aliphatic rings. The lowest BCUT2D eigenvalue weighted by atomic mass is 10.0. The van der Waals surface area contributed by atoms with Gasteiger partial charge in [0, 0.05) is 18.7 Å². The van der Waals surface area contributed by atoms with Crippen molar-refractivity contribution in [2.75, 3.05) is 6.54 Å². The van der Waals surface area contributed by atoms with Gasteiger partial charge in [-0.25, -0.2) is 4.79 Å². The van der Waals surface area contributed by atoms with Crippen molar-refractivity contribution in [3.8, 4) is 0 Å². The number of carbonyl (C=O) groups is 1. The number of alkyl carbamates (subject to hydrolysis) is 1. The summed E-state index contributed by atoms with van der Waals surface area (Å²) in [4.78, 5) is 18.7. The first-order valence-electron chi connectivity index (χ1n) is 7.18. The van der Waals surface area contributed by atoms with Gasteiger partial charge >= 0.3 is 6.09 Å². The smallest absolute Gasteiger partial charge is 0.407 e. The number of carbonyl (C=O) groups excluding carboxylic acids is 1. The van der Waals surface area contributed by atoms with Gasteiger partial charge in [0.15, 0.2) is 0 Å². The maximum atomic E-state index is 11.8. The Hall–Kier alpha value is -1.52. The zero-order valence-corrected chi connectivity index (χ0v) is 13.3. The molecule has 0 radical (unpaired) electrons. The van der Waals surface area contributed by atoms with Gasteiger partial charge < -0.3 is 15.0 Å². The summed E-state index contributed by atoms with van der Waals surface area (Å²) in [6.45, 7) is 12.6. The number of hydrogen-bond acceptors (Lipinski definition) is 4. The van der Waals surface area contributed by atoms with Gasteiger partial charge in [-0.05, 0) is 47.1 Å². The number of amides is 1. The van der Waals surface area contributed by atoms with E-state index in [1.807, 2.05) is 27.7 Å². The summed E-state index contributed by atoms with van der Waals surface area (Å²) in [7, 11) is 0. The van der Waals surface area contributed by atoms with Crippen LogP contribution in [0.4, 0.5) is 4.79 Å². The minimum absolute atomic E-state index is 0.0882. The summed E-state index contributed by atoms with van der Waals surface area (Å²) in [6, 6.07) is 0.326. The highest BCUT2D eigenvalue weighted by Crippen LogP contribution is 2.31. The van der Waals surface area contributed by atoms with Crippen molar-refractivity contribution in [3.63, 3.8) is 0 Å². The van der Waals surface area contributed by atoms with Gasteiger partial charge in [-0.3, -0.25) is 4.99 Å². The highest BCUT2D eigenvalue weighted by atomic mass is 16.6. The molecule has 1 saturated heterocycles. The maximum Gasteiger partial charge on any atom is 0.407 e. The fraction of sp³-hybridized carbons (Fsp3) is 0.733. The van der Waals surface area contributed by atoms with Crippen LogP contribution >= 0.6 is 0 Å². The molecular formula is C15H25N3O2. The number of amidine groups is 1. The van der Waals surface area contributed by atoms with Gasteiger partial charge in [0.1, 0.15) is 11.4 Å². The lowest BCUT2D eigenvalue weighted by Gasteiger charge is -2.28. The van der Waals surface area contributed by atoms with Crippen LogP contribution in [0, 0.1) is 0 Å². The van der Waals surface area contributed by atoms with E-state index in [0.717, 1.165) is 18.8 Å². The Morgan fingerprint density at radius 3 is 2.65 bits per heavy atom. The maximum absolute atomic E-state index is 11.8. The van der Waals surface area contributed by atoms with Crippen LogP contribution in [0.15, 0.2) is 16.3 Å². The number of fused-ring (bicyclic) bond motifs is 1. The third-order valence-electron chi connectivity index (χ3n) is 3.74. The number of ether oxygens (including phenoxy) is 1. The summed E-state index contributed by atoms with van der Waals surface area (Å²) in [5, 5.41) is 2.96. The van der Waals surface area contributed by atoms with Crippen molar-refractivity contribution in [2.24, 2.45) is 4.99 Å². The van der Waals surface area contributed by atoms with E-state index >= 15 is 0 Å². The first-order chi connectivity index (χ1) is 9.17. The Bertz CT molecular complexity index is 474. The molecule has 2 aliphatic heterocycles. The third kappa shape index (κ3) is 3.14. The van der Waals surface area contributed by atoms with Crippen molar-refractivity contribution in [3.05, 3.63) is 11.3 Å². The number of aliphatic imine (C=N–C) groups is 1. The second kappa shape index (κ2) is 5.11. The molecule has 0 aromatic heterocycles. The molecular weight excluding hydrogens is 254 g/mol. The molecule has 2 heterocycles. The van der Waals surface area contributed by atoms with Crippen LogP contribution in [-0.4, -0.2) is 41.1 Å². The first-order valence-corrected chi connectivity index (χ1v) is 7.18. The molecule has 1 fully saturated rings.